The van der Waals surface area contributed by atoms with Gasteiger partial charge in [0.2, 0.25) is 0 Å². The van der Waals surface area contributed by atoms with Crippen molar-refractivity contribution in [2.24, 2.45) is 5.92 Å². The second-order valence-electron chi connectivity index (χ2n) is 4.92. The minimum atomic E-state index is 0.593. The molecule has 1 aliphatic carbocycles. The largest absolute Gasteiger partial charge is 0.472 e. The van der Waals surface area contributed by atoms with Crippen molar-refractivity contribution in [2.45, 2.75) is 45.1 Å². The van der Waals surface area contributed by atoms with Crippen LogP contribution >= 0.6 is 0 Å². The first-order chi connectivity index (χ1) is 7.27. The molecule has 2 rings (SSSR count). The Balaban J connectivity index is 1.93. The minimum Gasteiger partial charge on any atom is -0.472 e. The van der Waals surface area contributed by atoms with E-state index in [0.29, 0.717) is 6.04 Å². The predicted octanol–water partition coefficient (Wildman–Crippen LogP) is 3.16. The Bertz CT molecular complexity index is 279. The highest BCUT2D eigenvalue weighted by atomic mass is 16.3. The van der Waals surface area contributed by atoms with Crippen molar-refractivity contribution in [1.82, 2.24) is 5.32 Å². The van der Waals surface area contributed by atoms with Gasteiger partial charge in [0.25, 0.3) is 0 Å². The van der Waals surface area contributed by atoms with E-state index in [2.05, 4.69) is 25.2 Å². The summed E-state index contributed by atoms with van der Waals surface area (Å²) in [5.41, 5.74) is 1.39. The van der Waals surface area contributed by atoms with E-state index in [1.165, 1.54) is 24.8 Å². The lowest BCUT2D eigenvalue weighted by molar-refractivity contribution is 0.420. The molecule has 1 saturated carbocycles. The van der Waals surface area contributed by atoms with Gasteiger partial charge in [0, 0.05) is 6.04 Å². The van der Waals surface area contributed by atoms with Gasteiger partial charge >= 0.3 is 0 Å². The summed E-state index contributed by atoms with van der Waals surface area (Å²) in [4.78, 5) is 0. The van der Waals surface area contributed by atoms with Crippen molar-refractivity contribution < 1.29 is 4.42 Å². The molecule has 1 aromatic rings. The van der Waals surface area contributed by atoms with Crippen molar-refractivity contribution in [3.05, 3.63) is 24.2 Å². The van der Waals surface area contributed by atoms with E-state index in [9.17, 15) is 0 Å². The molecule has 2 heteroatoms. The van der Waals surface area contributed by atoms with Crippen LogP contribution in [0.15, 0.2) is 23.0 Å². The lowest BCUT2D eigenvalue weighted by Gasteiger charge is -2.20. The molecular weight excluding hydrogens is 186 g/mol. The summed E-state index contributed by atoms with van der Waals surface area (Å²) in [7, 11) is 0. The van der Waals surface area contributed by atoms with E-state index in [4.69, 9.17) is 4.42 Å². The van der Waals surface area contributed by atoms with Crippen LogP contribution in [0.4, 0.5) is 0 Å². The maximum absolute atomic E-state index is 5.18. The molecule has 2 atom stereocenters. The van der Waals surface area contributed by atoms with Gasteiger partial charge in [-0.3, -0.25) is 0 Å². The van der Waals surface area contributed by atoms with Crippen LogP contribution in [0, 0.1) is 5.92 Å². The Kier molecular flexibility index (Phi) is 3.47. The molecule has 0 spiro atoms. The SMILES string of the molecule is CC(C)NCC1CCCC1c1ccoc1. The van der Waals surface area contributed by atoms with E-state index in [1.54, 1.807) is 6.26 Å². The highest BCUT2D eigenvalue weighted by Crippen LogP contribution is 2.39. The summed E-state index contributed by atoms with van der Waals surface area (Å²) >= 11 is 0. The third-order valence-electron chi connectivity index (χ3n) is 3.42. The van der Waals surface area contributed by atoms with Crippen LogP contribution < -0.4 is 5.32 Å². The molecule has 0 saturated heterocycles. The molecule has 1 fully saturated rings. The fraction of sp³-hybridized carbons (Fsp3) is 0.692. The second kappa shape index (κ2) is 4.84. The van der Waals surface area contributed by atoms with Gasteiger partial charge in [-0.2, -0.15) is 0 Å². The number of hydrogen-bond acceptors (Lipinski definition) is 2. The molecule has 2 nitrogen and oxygen atoms in total. The molecule has 0 aromatic carbocycles. The summed E-state index contributed by atoms with van der Waals surface area (Å²) in [5.74, 6) is 1.51. The van der Waals surface area contributed by atoms with Gasteiger partial charge in [-0.05, 0) is 42.9 Å². The maximum Gasteiger partial charge on any atom is 0.0937 e. The highest BCUT2D eigenvalue weighted by molar-refractivity contribution is 5.15. The van der Waals surface area contributed by atoms with Crippen molar-refractivity contribution in [2.75, 3.05) is 6.54 Å². The Morgan fingerprint density at radius 3 is 3.00 bits per heavy atom. The molecule has 15 heavy (non-hydrogen) atoms. The highest BCUT2D eigenvalue weighted by Gasteiger charge is 2.28. The first kappa shape index (κ1) is 10.7. The average molecular weight is 207 g/mol. The van der Waals surface area contributed by atoms with Gasteiger partial charge in [-0.1, -0.05) is 20.3 Å². The van der Waals surface area contributed by atoms with E-state index in [1.807, 2.05) is 6.26 Å². The van der Waals surface area contributed by atoms with Gasteiger partial charge in [0.1, 0.15) is 0 Å². The third-order valence-corrected chi connectivity index (χ3v) is 3.42. The van der Waals surface area contributed by atoms with Gasteiger partial charge in [-0.15, -0.1) is 0 Å². The molecule has 1 aliphatic rings. The molecule has 0 aliphatic heterocycles. The Morgan fingerprint density at radius 2 is 2.33 bits per heavy atom. The number of hydrogen-bond donors (Lipinski definition) is 1. The Morgan fingerprint density at radius 1 is 1.47 bits per heavy atom. The first-order valence-corrected chi connectivity index (χ1v) is 6.03. The number of rotatable bonds is 4. The van der Waals surface area contributed by atoms with Crippen molar-refractivity contribution in [3.63, 3.8) is 0 Å². The molecule has 2 unspecified atom stereocenters. The first-order valence-electron chi connectivity index (χ1n) is 6.03. The van der Waals surface area contributed by atoms with Crippen LogP contribution in [0.1, 0.15) is 44.6 Å². The van der Waals surface area contributed by atoms with Crippen LogP contribution in [-0.4, -0.2) is 12.6 Å². The quantitative estimate of drug-likeness (QED) is 0.820. The predicted molar refractivity (Wildman–Crippen MR) is 61.9 cm³/mol. The Hall–Kier alpha value is -0.760. The topological polar surface area (TPSA) is 25.2 Å². The fourth-order valence-electron chi connectivity index (χ4n) is 2.59. The number of furan rings is 1. The molecular formula is C13H21NO. The lowest BCUT2D eigenvalue weighted by atomic mass is 9.90. The Labute approximate surface area is 92.1 Å². The molecule has 1 N–H and O–H groups in total. The normalized spacial score (nSPS) is 26.3. The van der Waals surface area contributed by atoms with Crippen LogP contribution in [0.3, 0.4) is 0 Å². The summed E-state index contributed by atoms with van der Waals surface area (Å²) in [6, 6.07) is 2.72. The zero-order valence-electron chi connectivity index (χ0n) is 9.70. The summed E-state index contributed by atoms with van der Waals surface area (Å²) < 4.78 is 5.18. The second-order valence-corrected chi connectivity index (χ2v) is 4.92. The van der Waals surface area contributed by atoms with Crippen LogP contribution in [0.2, 0.25) is 0 Å². The molecule has 0 amide bonds. The average Bonchev–Trinajstić information content (AvgIpc) is 2.85. The summed E-state index contributed by atoms with van der Waals surface area (Å²) in [6.07, 6.45) is 7.75. The fourth-order valence-corrected chi connectivity index (χ4v) is 2.59. The molecule has 1 aromatic heterocycles. The molecule has 1 heterocycles. The van der Waals surface area contributed by atoms with Crippen LogP contribution in [0.25, 0.3) is 0 Å². The van der Waals surface area contributed by atoms with Gasteiger partial charge in [0.15, 0.2) is 0 Å². The van der Waals surface area contributed by atoms with Crippen LogP contribution in [0.5, 0.6) is 0 Å². The maximum atomic E-state index is 5.18. The van der Waals surface area contributed by atoms with E-state index in [0.717, 1.165) is 18.4 Å². The molecule has 84 valence electrons. The van der Waals surface area contributed by atoms with E-state index in [-0.39, 0.29) is 0 Å². The van der Waals surface area contributed by atoms with Gasteiger partial charge in [-0.25, -0.2) is 0 Å². The van der Waals surface area contributed by atoms with Gasteiger partial charge in [0.05, 0.1) is 12.5 Å². The van der Waals surface area contributed by atoms with Gasteiger partial charge < -0.3 is 9.73 Å². The summed E-state index contributed by atoms with van der Waals surface area (Å²) in [6.45, 7) is 5.57. The van der Waals surface area contributed by atoms with Crippen molar-refractivity contribution in [3.8, 4) is 0 Å². The lowest BCUT2D eigenvalue weighted by Crippen LogP contribution is -2.29. The monoisotopic (exact) mass is 207 g/mol. The third kappa shape index (κ3) is 2.63. The zero-order valence-corrected chi connectivity index (χ0v) is 9.70. The zero-order chi connectivity index (χ0) is 10.7. The molecule has 0 bridgehead atoms. The molecule has 0 radical (unpaired) electrons. The smallest absolute Gasteiger partial charge is 0.0937 e. The standard InChI is InChI=1S/C13H21NO/c1-10(2)14-8-11-4-3-5-13(11)12-6-7-15-9-12/h6-7,9-11,13-14H,3-5,8H2,1-2H3. The minimum absolute atomic E-state index is 0.593. The van der Waals surface area contributed by atoms with Crippen molar-refractivity contribution in [1.29, 1.82) is 0 Å². The van der Waals surface area contributed by atoms with E-state index >= 15 is 0 Å². The number of nitrogens with one attached hydrogen (secondary N) is 1. The van der Waals surface area contributed by atoms with Crippen LogP contribution in [-0.2, 0) is 0 Å². The summed E-state index contributed by atoms with van der Waals surface area (Å²) in [5, 5.41) is 3.55. The van der Waals surface area contributed by atoms with Crippen molar-refractivity contribution >= 4 is 0 Å². The van der Waals surface area contributed by atoms with E-state index < -0.39 is 0 Å².